The lowest BCUT2D eigenvalue weighted by atomic mass is 10.0. The molecule has 10 aromatic rings. The summed E-state index contributed by atoms with van der Waals surface area (Å²) in [6, 6.07) is 61.2. The second-order valence-electron chi connectivity index (χ2n) is 14.6. The van der Waals surface area contributed by atoms with E-state index < -0.39 is 8.07 Å². The molecular formula is C48H34N4Si. The highest BCUT2D eigenvalue weighted by Gasteiger charge is 2.41. The predicted molar refractivity (Wildman–Crippen MR) is 224 cm³/mol. The second-order valence-corrected chi connectivity index (χ2v) is 18.9. The van der Waals surface area contributed by atoms with Crippen LogP contribution in [-0.4, -0.2) is 27.2 Å². The van der Waals surface area contributed by atoms with Gasteiger partial charge in [0, 0.05) is 49.2 Å². The molecule has 7 aromatic carbocycles. The lowest BCUT2D eigenvalue weighted by Gasteiger charge is -2.20. The molecule has 0 radical (unpaired) electrons. The fraction of sp³-hybridized carbons (Fsp3) is 0.0417. The molecule has 0 atom stereocenters. The molecule has 250 valence electrons. The number of hydrogen-bond acceptors (Lipinski definition) is 2. The van der Waals surface area contributed by atoms with E-state index >= 15 is 0 Å². The van der Waals surface area contributed by atoms with Gasteiger partial charge in [-0.15, -0.1) is 0 Å². The van der Waals surface area contributed by atoms with E-state index in [1.165, 1.54) is 54.2 Å². The molecule has 0 bridgehead atoms. The number of benzene rings is 7. The molecule has 5 heteroatoms. The van der Waals surface area contributed by atoms with Crippen molar-refractivity contribution in [2.45, 2.75) is 13.1 Å². The third kappa shape index (κ3) is 4.29. The SMILES string of the molecule is C[Si]1(C)c2ccccc2-c2c(-c3ccccc3)nc(-c3ccccc3-n3c4ccccc4c4cc5c6ccccc6n(-c6ccccc6)c5cc43)nc21. The average Bonchev–Trinajstić information content (AvgIpc) is 3.80. The van der Waals surface area contributed by atoms with Crippen molar-refractivity contribution in [3.63, 3.8) is 0 Å². The van der Waals surface area contributed by atoms with Crippen LogP contribution in [-0.2, 0) is 0 Å². The molecule has 4 nitrogen and oxygen atoms in total. The Hall–Kier alpha value is -6.56. The standard InChI is InChI=1S/C48H34N4Si/c1-53(2)44-28-16-12-24-36(44)45-46(31-17-5-3-6-18-31)49-47(50-48(45)53)35-23-11-15-27-41(35)52-40-26-14-10-22-34(40)38-29-37-33-21-9-13-25-39(33)51(42(37)30-43(38)52)32-19-7-4-8-20-32/h3-30H,1-2H3. The average molecular weight is 695 g/mol. The highest BCUT2D eigenvalue weighted by Crippen LogP contribution is 2.42. The first kappa shape index (κ1) is 30.1. The molecule has 1 aliphatic heterocycles. The zero-order valence-corrected chi connectivity index (χ0v) is 30.5. The topological polar surface area (TPSA) is 35.6 Å². The number of nitrogens with zero attached hydrogens (tertiary/aromatic N) is 4. The number of rotatable bonds is 4. The van der Waals surface area contributed by atoms with Crippen molar-refractivity contribution in [1.29, 1.82) is 0 Å². The van der Waals surface area contributed by atoms with Gasteiger partial charge in [0.1, 0.15) is 8.07 Å². The molecule has 11 rings (SSSR count). The summed E-state index contributed by atoms with van der Waals surface area (Å²) >= 11 is 0. The van der Waals surface area contributed by atoms with E-state index in [4.69, 9.17) is 9.97 Å². The van der Waals surface area contributed by atoms with Crippen LogP contribution < -0.4 is 10.5 Å². The van der Waals surface area contributed by atoms with Crippen LogP contribution in [0.3, 0.4) is 0 Å². The predicted octanol–water partition coefficient (Wildman–Crippen LogP) is 10.8. The molecule has 53 heavy (non-hydrogen) atoms. The minimum absolute atomic E-state index is 0.761. The van der Waals surface area contributed by atoms with E-state index in [1.54, 1.807) is 0 Å². The Morgan fingerprint density at radius 1 is 0.453 bits per heavy atom. The number of hydrogen-bond donors (Lipinski definition) is 0. The molecule has 0 amide bonds. The van der Waals surface area contributed by atoms with Gasteiger partial charge in [-0.2, -0.15) is 0 Å². The van der Waals surface area contributed by atoms with Gasteiger partial charge in [0.2, 0.25) is 0 Å². The summed E-state index contributed by atoms with van der Waals surface area (Å²) in [6.45, 7) is 4.86. The van der Waals surface area contributed by atoms with Crippen LogP contribution in [0.25, 0.3) is 88.8 Å². The van der Waals surface area contributed by atoms with E-state index in [-0.39, 0.29) is 0 Å². The van der Waals surface area contributed by atoms with Crippen molar-refractivity contribution >= 4 is 62.2 Å². The first-order valence-corrected chi connectivity index (χ1v) is 21.3. The Balaban J connectivity index is 1.23. The van der Waals surface area contributed by atoms with Crippen LogP contribution in [0.4, 0.5) is 0 Å². The van der Waals surface area contributed by atoms with Crippen LogP contribution >= 0.6 is 0 Å². The van der Waals surface area contributed by atoms with E-state index in [2.05, 4.69) is 192 Å². The summed E-state index contributed by atoms with van der Waals surface area (Å²) in [5.74, 6) is 0.761. The van der Waals surface area contributed by atoms with Crippen molar-refractivity contribution < 1.29 is 0 Å². The first-order chi connectivity index (χ1) is 26.1. The van der Waals surface area contributed by atoms with Crippen LogP contribution in [0.15, 0.2) is 170 Å². The van der Waals surface area contributed by atoms with Gasteiger partial charge in [0.15, 0.2) is 5.82 Å². The number of aromatic nitrogens is 4. The van der Waals surface area contributed by atoms with Crippen LogP contribution in [0, 0.1) is 0 Å². The molecule has 0 saturated heterocycles. The second kappa shape index (κ2) is 11.2. The highest BCUT2D eigenvalue weighted by atomic mass is 28.3. The molecule has 0 unspecified atom stereocenters. The van der Waals surface area contributed by atoms with Crippen LogP contribution in [0.2, 0.25) is 13.1 Å². The normalized spacial score (nSPS) is 13.2. The smallest absolute Gasteiger partial charge is 0.161 e. The number of para-hydroxylation sites is 4. The van der Waals surface area contributed by atoms with E-state index in [0.717, 1.165) is 45.1 Å². The van der Waals surface area contributed by atoms with Crippen molar-refractivity contribution in [2.75, 3.05) is 0 Å². The van der Waals surface area contributed by atoms with Gasteiger partial charge in [-0.25, -0.2) is 9.97 Å². The summed E-state index contributed by atoms with van der Waals surface area (Å²) in [5, 5.41) is 7.57. The first-order valence-electron chi connectivity index (χ1n) is 18.3. The van der Waals surface area contributed by atoms with E-state index in [9.17, 15) is 0 Å². The zero-order chi connectivity index (χ0) is 35.3. The van der Waals surface area contributed by atoms with Gasteiger partial charge in [-0.05, 0) is 59.3 Å². The van der Waals surface area contributed by atoms with Gasteiger partial charge < -0.3 is 9.13 Å². The lowest BCUT2D eigenvalue weighted by molar-refractivity contribution is 1.14. The molecular weight excluding hydrogens is 661 g/mol. The summed E-state index contributed by atoms with van der Waals surface area (Å²) in [6.07, 6.45) is 0. The zero-order valence-electron chi connectivity index (χ0n) is 29.5. The minimum Gasteiger partial charge on any atom is -0.309 e. The third-order valence-corrected chi connectivity index (χ3v) is 14.6. The van der Waals surface area contributed by atoms with Crippen molar-refractivity contribution in [3.05, 3.63) is 170 Å². The summed E-state index contributed by atoms with van der Waals surface area (Å²) in [7, 11) is -2.13. The number of fused-ring (bicyclic) bond motifs is 9. The molecule has 0 N–H and O–H groups in total. The molecule has 0 spiro atoms. The largest absolute Gasteiger partial charge is 0.309 e. The summed E-state index contributed by atoms with van der Waals surface area (Å²) in [5.41, 5.74) is 12.5. The summed E-state index contributed by atoms with van der Waals surface area (Å²) in [4.78, 5) is 11.1. The van der Waals surface area contributed by atoms with Crippen LogP contribution in [0.1, 0.15) is 0 Å². The fourth-order valence-corrected chi connectivity index (χ4v) is 11.8. The molecule has 3 aromatic heterocycles. The quantitative estimate of drug-likeness (QED) is 0.172. The van der Waals surface area contributed by atoms with Gasteiger partial charge in [0.05, 0.1) is 33.4 Å². The van der Waals surface area contributed by atoms with E-state index in [1.807, 2.05) is 0 Å². The fourth-order valence-electron chi connectivity index (χ4n) is 8.87. The molecule has 1 aliphatic rings. The molecule has 4 heterocycles. The highest BCUT2D eigenvalue weighted by molar-refractivity contribution is 7.03. The van der Waals surface area contributed by atoms with Gasteiger partial charge >= 0.3 is 0 Å². The Bertz CT molecular complexity index is 3080. The van der Waals surface area contributed by atoms with Gasteiger partial charge in [-0.3, -0.25) is 0 Å². The van der Waals surface area contributed by atoms with Crippen molar-refractivity contribution in [2.24, 2.45) is 0 Å². The molecule has 0 fully saturated rings. The molecule has 0 aliphatic carbocycles. The molecule has 0 saturated carbocycles. The Morgan fingerprint density at radius 3 is 1.75 bits per heavy atom. The van der Waals surface area contributed by atoms with Gasteiger partial charge in [0.25, 0.3) is 0 Å². The lowest BCUT2D eigenvalue weighted by Crippen LogP contribution is -2.50. The maximum Gasteiger partial charge on any atom is 0.161 e. The Labute approximate surface area is 308 Å². The minimum atomic E-state index is -2.13. The summed E-state index contributed by atoms with van der Waals surface area (Å²) < 4.78 is 4.83. The van der Waals surface area contributed by atoms with Crippen molar-refractivity contribution in [3.8, 4) is 45.1 Å². The Morgan fingerprint density at radius 2 is 1.02 bits per heavy atom. The van der Waals surface area contributed by atoms with Crippen molar-refractivity contribution in [1.82, 2.24) is 19.1 Å². The van der Waals surface area contributed by atoms with E-state index in [0.29, 0.717) is 0 Å². The third-order valence-electron chi connectivity index (χ3n) is 11.3. The Kier molecular flexibility index (Phi) is 6.37. The maximum atomic E-state index is 5.57. The monoisotopic (exact) mass is 694 g/mol. The maximum absolute atomic E-state index is 5.57. The van der Waals surface area contributed by atoms with Crippen LogP contribution in [0.5, 0.6) is 0 Å². The van der Waals surface area contributed by atoms with Gasteiger partial charge in [-0.1, -0.05) is 134 Å².